The Hall–Kier alpha value is -1.43. The molecule has 1 saturated heterocycles. The van der Waals surface area contributed by atoms with Crippen molar-refractivity contribution in [3.63, 3.8) is 0 Å². The molecule has 1 aliphatic rings. The van der Waals surface area contributed by atoms with Crippen molar-refractivity contribution in [2.75, 3.05) is 6.61 Å². The Morgan fingerprint density at radius 2 is 2.64 bits per heavy atom. The smallest absolute Gasteiger partial charge is 0.270 e. The average Bonchev–Trinajstić information content (AvgIpc) is 2.75. The second-order valence-electron chi connectivity index (χ2n) is 3.33. The molecule has 0 aromatic carbocycles. The predicted molar refractivity (Wildman–Crippen MR) is 47.5 cm³/mol. The molecule has 1 amide bonds. The second kappa shape index (κ2) is 3.75. The van der Waals surface area contributed by atoms with Gasteiger partial charge in [-0.3, -0.25) is 4.79 Å². The van der Waals surface area contributed by atoms with Crippen LogP contribution in [0.4, 0.5) is 0 Å². The van der Waals surface area contributed by atoms with Crippen LogP contribution in [0.2, 0.25) is 0 Å². The van der Waals surface area contributed by atoms with E-state index in [0.29, 0.717) is 6.54 Å². The third-order valence-corrected chi connectivity index (χ3v) is 2.21. The molecule has 2 rings (SSSR count). The fourth-order valence-corrected chi connectivity index (χ4v) is 1.50. The molecule has 2 heterocycles. The normalized spacial score (nSPS) is 21.3. The number of aromatic nitrogens is 3. The van der Waals surface area contributed by atoms with Crippen molar-refractivity contribution in [1.29, 1.82) is 0 Å². The fraction of sp³-hybridized carbons (Fsp3) is 0.625. The van der Waals surface area contributed by atoms with Gasteiger partial charge in [-0.2, -0.15) is 0 Å². The Labute approximate surface area is 81.0 Å². The second-order valence-corrected chi connectivity index (χ2v) is 3.33. The van der Waals surface area contributed by atoms with Crippen LogP contribution < -0.4 is 5.73 Å². The number of ether oxygens (including phenoxy) is 1. The molecule has 6 nitrogen and oxygen atoms in total. The summed E-state index contributed by atoms with van der Waals surface area (Å²) in [5, 5.41) is 7.43. The Balaban J connectivity index is 1.98. The summed E-state index contributed by atoms with van der Waals surface area (Å²) >= 11 is 0. The van der Waals surface area contributed by atoms with E-state index in [9.17, 15) is 4.79 Å². The molecule has 14 heavy (non-hydrogen) atoms. The third kappa shape index (κ3) is 1.90. The van der Waals surface area contributed by atoms with Gasteiger partial charge in [0.2, 0.25) is 0 Å². The molecule has 1 fully saturated rings. The van der Waals surface area contributed by atoms with Crippen molar-refractivity contribution in [2.24, 2.45) is 5.73 Å². The Morgan fingerprint density at radius 1 is 1.79 bits per heavy atom. The zero-order valence-electron chi connectivity index (χ0n) is 7.72. The minimum Gasteiger partial charge on any atom is -0.376 e. The van der Waals surface area contributed by atoms with Gasteiger partial charge in [-0.05, 0) is 12.8 Å². The van der Waals surface area contributed by atoms with Crippen LogP contribution in [-0.2, 0) is 11.3 Å². The number of hydrogen-bond donors (Lipinski definition) is 1. The van der Waals surface area contributed by atoms with Gasteiger partial charge in [0, 0.05) is 6.61 Å². The number of nitrogens with zero attached hydrogens (tertiary/aromatic N) is 3. The van der Waals surface area contributed by atoms with Gasteiger partial charge in [0.25, 0.3) is 5.91 Å². The molecule has 1 aromatic heterocycles. The largest absolute Gasteiger partial charge is 0.376 e. The minimum atomic E-state index is -0.552. The lowest BCUT2D eigenvalue weighted by Crippen LogP contribution is -2.15. The highest BCUT2D eigenvalue weighted by molar-refractivity contribution is 5.90. The predicted octanol–water partition coefficient (Wildman–Crippen LogP) is -0.444. The van der Waals surface area contributed by atoms with E-state index >= 15 is 0 Å². The van der Waals surface area contributed by atoms with Crippen LogP contribution in [0.25, 0.3) is 0 Å². The van der Waals surface area contributed by atoms with Crippen LogP contribution in [0.3, 0.4) is 0 Å². The van der Waals surface area contributed by atoms with Gasteiger partial charge in [0.05, 0.1) is 18.8 Å². The molecule has 0 saturated carbocycles. The number of rotatable bonds is 3. The monoisotopic (exact) mass is 196 g/mol. The SMILES string of the molecule is NC(=O)c1cn(CC2CCCO2)nn1. The first kappa shape index (κ1) is 9.14. The number of carbonyl (C=O) groups excluding carboxylic acids is 1. The summed E-state index contributed by atoms with van der Waals surface area (Å²) in [6.07, 6.45) is 3.86. The lowest BCUT2D eigenvalue weighted by molar-refractivity contribution is 0.0933. The maximum Gasteiger partial charge on any atom is 0.270 e. The molecule has 0 aliphatic carbocycles. The number of nitrogens with two attached hydrogens (primary N) is 1. The maximum absolute atomic E-state index is 10.7. The summed E-state index contributed by atoms with van der Waals surface area (Å²) < 4.78 is 7.02. The maximum atomic E-state index is 10.7. The lowest BCUT2D eigenvalue weighted by atomic mass is 10.2. The van der Waals surface area contributed by atoms with E-state index < -0.39 is 5.91 Å². The number of carbonyl (C=O) groups is 1. The quantitative estimate of drug-likeness (QED) is 0.710. The summed E-state index contributed by atoms with van der Waals surface area (Å²) in [7, 11) is 0. The van der Waals surface area contributed by atoms with Crippen molar-refractivity contribution >= 4 is 5.91 Å². The molecular formula is C8H12N4O2. The van der Waals surface area contributed by atoms with Crippen LogP contribution in [0.1, 0.15) is 23.3 Å². The van der Waals surface area contributed by atoms with Crippen molar-refractivity contribution in [3.05, 3.63) is 11.9 Å². The summed E-state index contributed by atoms with van der Waals surface area (Å²) in [6.45, 7) is 1.45. The molecule has 1 aromatic rings. The summed E-state index contributed by atoms with van der Waals surface area (Å²) in [5.41, 5.74) is 5.25. The van der Waals surface area contributed by atoms with Crippen molar-refractivity contribution in [1.82, 2.24) is 15.0 Å². The van der Waals surface area contributed by atoms with Crippen molar-refractivity contribution < 1.29 is 9.53 Å². The molecule has 2 N–H and O–H groups in total. The average molecular weight is 196 g/mol. The molecule has 0 radical (unpaired) electrons. The highest BCUT2D eigenvalue weighted by Gasteiger charge is 2.17. The van der Waals surface area contributed by atoms with E-state index in [1.54, 1.807) is 10.9 Å². The van der Waals surface area contributed by atoms with E-state index in [1.165, 1.54) is 0 Å². The Kier molecular flexibility index (Phi) is 2.45. The molecule has 6 heteroatoms. The first-order valence-electron chi connectivity index (χ1n) is 4.57. The highest BCUT2D eigenvalue weighted by Crippen LogP contribution is 2.13. The summed E-state index contributed by atoms with van der Waals surface area (Å²) in [4.78, 5) is 10.7. The molecular weight excluding hydrogens is 184 g/mol. The van der Waals surface area contributed by atoms with Crippen molar-refractivity contribution in [2.45, 2.75) is 25.5 Å². The van der Waals surface area contributed by atoms with Crippen LogP contribution >= 0.6 is 0 Å². The van der Waals surface area contributed by atoms with Crippen LogP contribution in [-0.4, -0.2) is 33.6 Å². The Bertz CT molecular complexity index is 330. The van der Waals surface area contributed by atoms with E-state index in [-0.39, 0.29) is 11.8 Å². The minimum absolute atomic E-state index is 0.192. The summed E-state index contributed by atoms with van der Waals surface area (Å²) in [5.74, 6) is -0.552. The molecule has 1 atom stereocenters. The zero-order chi connectivity index (χ0) is 9.97. The van der Waals surface area contributed by atoms with E-state index in [1.807, 2.05) is 0 Å². The van der Waals surface area contributed by atoms with Gasteiger partial charge in [0.15, 0.2) is 5.69 Å². The molecule has 1 unspecified atom stereocenters. The van der Waals surface area contributed by atoms with Gasteiger partial charge in [-0.1, -0.05) is 5.21 Å². The molecule has 1 aliphatic heterocycles. The van der Waals surface area contributed by atoms with E-state index in [2.05, 4.69) is 10.3 Å². The molecule has 0 spiro atoms. The standard InChI is InChI=1S/C8H12N4O2/c9-8(13)7-5-12(11-10-7)4-6-2-1-3-14-6/h5-6H,1-4H2,(H2,9,13). The van der Waals surface area contributed by atoms with Crippen LogP contribution in [0.15, 0.2) is 6.20 Å². The topological polar surface area (TPSA) is 83.0 Å². The first-order valence-corrected chi connectivity index (χ1v) is 4.57. The zero-order valence-corrected chi connectivity index (χ0v) is 7.72. The van der Waals surface area contributed by atoms with E-state index in [4.69, 9.17) is 10.5 Å². The number of hydrogen-bond acceptors (Lipinski definition) is 4. The first-order chi connectivity index (χ1) is 6.75. The van der Waals surface area contributed by atoms with Gasteiger partial charge < -0.3 is 10.5 Å². The molecule has 76 valence electrons. The lowest BCUT2D eigenvalue weighted by Gasteiger charge is -2.07. The van der Waals surface area contributed by atoms with E-state index in [0.717, 1.165) is 19.4 Å². The highest BCUT2D eigenvalue weighted by atomic mass is 16.5. The van der Waals surface area contributed by atoms with Crippen LogP contribution in [0, 0.1) is 0 Å². The van der Waals surface area contributed by atoms with Crippen molar-refractivity contribution in [3.8, 4) is 0 Å². The van der Waals surface area contributed by atoms with Gasteiger partial charge in [-0.25, -0.2) is 4.68 Å². The number of primary amides is 1. The van der Waals surface area contributed by atoms with Gasteiger partial charge >= 0.3 is 0 Å². The summed E-state index contributed by atoms with van der Waals surface area (Å²) in [6, 6.07) is 0. The third-order valence-electron chi connectivity index (χ3n) is 2.21. The van der Waals surface area contributed by atoms with Gasteiger partial charge in [0.1, 0.15) is 0 Å². The van der Waals surface area contributed by atoms with Gasteiger partial charge in [-0.15, -0.1) is 5.10 Å². The molecule has 0 bridgehead atoms. The Morgan fingerprint density at radius 3 is 3.21 bits per heavy atom. The van der Waals surface area contributed by atoms with Crippen LogP contribution in [0.5, 0.6) is 0 Å². The fourth-order valence-electron chi connectivity index (χ4n) is 1.50. The number of amides is 1.